The molecule has 7 heteroatoms. The van der Waals surface area contributed by atoms with E-state index in [1.165, 1.54) is 25.0 Å². The highest BCUT2D eigenvalue weighted by Gasteiger charge is 2.35. The summed E-state index contributed by atoms with van der Waals surface area (Å²) in [7, 11) is 0. The molecule has 0 amide bonds. The normalized spacial score (nSPS) is 20.5. The van der Waals surface area contributed by atoms with E-state index >= 15 is 0 Å². The third kappa shape index (κ3) is 4.35. The van der Waals surface area contributed by atoms with Gasteiger partial charge in [0.15, 0.2) is 0 Å². The van der Waals surface area contributed by atoms with Gasteiger partial charge in [-0.15, -0.1) is 24.8 Å². The molecule has 23 heavy (non-hydrogen) atoms. The van der Waals surface area contributed by atoms with Crippen LogP contribution in [0.3, 0.4) is 0 Å². The number of rotatable bonds is 3. The maximum atomic E-state index is 10.3. The molecule has 0 spiro atoms. The SMILES string of the molecule is Cl.Cl.Oc1cc(O)c([C@H](C2CCCC2)N2CCNCC2)c(O)c1. The van der Waals surface area contributed by atoms with Gasteiger partial charge in [-0.3, -0.25) is 4.90 Å². The average molecular weight is 365 g/mol. The molecule has 2 fully saturated rings. The first kappa shape index (κ1) is 20.2. The van der Waals surface area contributed by atoms with Crippen molar-refractivity contribution < 1.29 is 15.3 Å². The van der Waals surface area contributed by atoms with Crippen molar-refractivity contribution in [2.24, 2.45) is 5.92 Å². The first-order chi connectivity index (χ1) is 10.2. The molecule has 4 N–H and O–H groups in total. The third-order valence-corrected chi connectivity index (χ3v) is 4.81. The Hall–Kier alpha value is -0.880. The summed E-state index contributed by atoms with van der Waals surface area (Å²) in [4.78, 5) is 2.36. The van der Waals surface area contributed by atoms with Crippen LogP contribution in [0.25, 0.3) is 0 Å². The molecule has 1 atom stereocenters. The number of phenols is 3. The maximum Gasteiger partial charge on any atom is 0.127 e. The summed E-state index contributed by atoms with van der Waals surface area (Å²) >= 11 is 0. The van der Waals surface area contributed by atoms with Crippen LogP contribution >= 0.6 is 24.8 Å². The fraction of sp³-hybridized carbons (Fsp3) is 0.625. The van der Waals surface area contributed by atoms with E-state index in [4.69, 9.17) is 0 Å². The molecule has 3 rings (SSSR count). The predicted molar refractivity (Wildman–Crippen MR) is 95.1 cm³/mol. The summed E-state index contributed by atoms with van der Waals surface area (Å²) in [6.45, 7) is 3.70. The van der Waals surface area contributed by atoms with Crippen LogP contribution < -0.4 is 5.32 Å². The van der Waals surface area contributed by atoms with Gasteiger partial charge in [-0.25, -0.2) is 0 Å². The molecule has 1 aromatic carbocycles. The van der Waals surface area contributed by atoms with E-state index in [0.29, 0.717) is 11.5 Å². The molecule has 0 bridgehead atoms. The molecule has 1 aliphatic heterocycles. The largest absolute Gasteiger partial charge is 0.508 e. The Morgan fingerprint density at radius 3 is 2.00 bits per heavy atom. The zero-order valence-corrected chi connectivity index (χ0v) is 14.7. The highest BCUT2D eigenvalue weighted by molar-refractivity contribution is 5.85. The monoisotopic (exact) mass is 364 g/mol. The van der Waals surface area contributed by atoms with Gasteiger partial charge in [0.2, 0.25) is 0 Å². The number of hydrogen-bond acceptors (Lipinski definition) is 5. The average Bonchev–Trinajstić information content (AvgIpc) is 2.97. The second kappa shape index (κ2) is 8.83. The van der Waals surface area contributed by atoms with Gasteiger partial charge in [-0.05, 0) is 18.8 Å². The summed E-state index contributed by atoms with van der Waals surface area (Å²) < 4.78 is 0. The lowest BCUT2D eigenvalue weighted by Crippen LogP contribution is -2.46. The van der Waals surface area contributed by atoms with Gasteiger partial charge in [0.05, 0.1) is 5.56 Å². The van der Waals surface area contributed by atoms with Crippen LogP contribution in [0.2, 0.25) is 0 Å². The van der Waals surface area contributed by atoms with E-state index in [9.17, 15) is 15.3 Å². The zero-order chi connectivity index (χ0) is 14.8. The fourth-order valence-corrected chi connectivity index (χ4v) is 3.86. The van der Waals surface area contributed by atoms with Crippen LogP contribution in [0.4, 0.5) is 0 Å². The molecule has 2 aliphatic rings. The third-order valence-electron chi connectivity index (χ3n) is 4.81. The topological polar surface area (TPSA) is 76.0 Å². The van der Waals surface area contributed by atoms with Gasteiger partial charge in [-0.1, -0.05) is 12.8 Å². The summed E-state index contributed by atoms with van der Waals surface area (Å²) in [5.41, 5.74) is 0.585. The number of nitrogens with zero attached hydrogens (tertiary/aromatic N) is 1. The number of piperazine rings is 1. The van der Waals surface area contributed by atoms with Crippen LogP contribution in [0.15, 0.2) is 12.1 Å². The predicted octanol–water partition coefficient (Wildman–Crippen LogP) is 2.78. The van der Waals surface area contributed by atoms with E-state index in [1.807, 2.05) is 0 Å². The van der Waals surface area contributed by atoms with Crippen LogP contribution in [0.1, 0.15) is 37.3 Å². The quantitative estimate of drug-likeness (QED) is 0.663. The molecule has 1 aliphatic carbocycles. The molecule has 1 saturated carbocycles. The minimum atomic E-state index is -0.0979. The Balaban J connectivity index is 0.00000132. The van der Waals surface area contributed by atoms with Gasteiger partial charge in [0.25, 0.3) is 0 Å². The Bertz CT molecular complexity index is 481. The van der Waals surface area contributed by atoms with E-state index in [0.717, 1.165) is 39.0 Å². The van der Waals surface area contributed by atoms with Crippen molar-refractivity contribution in [3.05, 3.63) is 17.7 Å². The van der Waals surface area contributed by atoms with Crippen molar-refractivity contribution in [1.29, 1.82) is 0 Å². The van der Waals surface area contributed by atoms with Crippen molar-refractivity contribution in [2.75, 3.05) is 26.2 Å². The second-order valence-electron chi connectivity index (χ2n) is 6.17. The highest BCUT2D eigenvalue weighted by Crippen LogP contribution is 2.46. The van der Waals surface area contributed by atoms with Gasteiger partial charge < -0.3 is 20.6 Å². The number of phenolic OH excluding ortho intramolecular Hbond substituents is 3. The second-order valence-corrected chi connectivity index (χ2v) is 6.17. The number of aromatic hydroxyl groups is 3. The maximum absolute atomic E-state index is 10.3. The molecule has 0 radical (unpaired) electrons. The van der Waals surface area contributed by atoms with Crippen molar-refractivity contribution in [3.63, 3.8) is 0 Å². The molecular formula is C16H26Cl2N2O3. The Morgan fingerprint density at radius 2 is 1.48 bits per heavy atom. The lowest BCUT2D eigenvalue weighted by atomic mass is 9.88. The van der Waals surface area contributed by atoms with Crippen LogP contribution in [0.5, 0.6) is 17.2 Å². The van der Waals surface area contributed by atoms with Gasteiger partial charge in [0, 0.05) is 44.4 Å². The van der Waals surface area contributed by atoms with E-state index in [-0.39, 0.29) is 48.1 Å². The summed E-state index contributed by atoms with van der Waals surface area (Å²) in [6, 6.07) is 2.70. The van der Waals surface area contributed by atoms with Crippen LogP contribution in [-0.4, -0.2) is 46.4 Å². The summed E-state index contributed by atoms with van der Waals surface area (Å²) in [5, 5.41) is 33.4. The first-order valence-electron chi connectivity index (χ1n) is 7.86. The number of hydrogen-bond donors (Lipinski definition) is 4. The first-order valence-corrected chi connectivity index (χ1v) is 7.86. The van der Waals surface area contributed by atoms with Gasteiger partial charge >= 0.3 is 0 Å². The lowest BCUT2D eigenvalue weighted by molar-refractivity contribution is 0.121. The van der Waals surface area contributed by atoms with E-state index < -0.39 is 0 Å². The molecule has 0 unspecified atom stereocenters. The minimum absolute atomic E-state index is 0. The minimum Gasteiger partial charge on any atom is -0.508 e. The number of halogens is 2. The molecule has 1 aromatic rings. The van der Waals surface area contributed by atoms with Crippen molar-refractivity contribution >= 4 is 24.8 Å². The lowest BCUT2D eigenvalue weighted by Gasteiger charge is -2.39. The number of benzene rings is 1. The van der Waals surface area contributed by atoms with Crippen LogP contribution in [-0.2, 0) is 0 Å². The molecule has 0 aromatic heterocycles. The Kier molecular flexibility index (Phi) is 7.74. The van der Waals surface area contributed by atoms with Gasteiger partial charge in [0.1, 0.15) is 17.2 Å². The summed E-state index contributed by atoms with van der Waals surface area (Å²) in [5.74, 6) is 0.370. The Morgan fingerprint density at radius 1 is 0.957 bits per heavy atom. The van der Waals surface area contributed by atoms with E-state index in [2.05, 4.69) is 10.2 Å². The zero-order valence-electron chi connectivity index (χ0n) is 13.1. The van der Waals surface area contributed by atoms with Crippen molar-refractivity contribution in [3.8, 4) is 17.2 Å². The fourth-order valence-electron chi connectivity index (χ4n) is 3.86. The highest BCUT2D eigenvalue weighted by atomic mass is 35.5. The molecule has 1 saturated heterocycles. The smallest absolute Gasteiger partial charge is 0.127 e. The van der Waals surface area contributed by atoms with Crippen LogP contribution in [0, 0.1) is 5.92 Å². The van der Waals surface area contributed by atoms with Crippen molar-refractivity contribution in [1.82, 2.24) is 10.2 Å². The van der Waals surface area contributed by atoms with E-state index in [1.54, 1.807) is 0 Å². The van der Waals surface area contributed by atoms with Crippen molar-refractivity contribution in [2.45, 2.75) is 31.7 Å². The summed E-state index contributed by atoms with van der Waals surface area (Å²) in [6.07, 6.45) is 4.70. The number of nitrogens with one attached hydrogen (secondary N) is 1. The molecule has 132 valence electrons. The molecular weight excluding hydrogens is 339 g/mol. The Labute approximate surface area is 149 Å². The molecule has 5 nitrogen and oxygen atoms in total. The van der Waals surface area contributed by atoms with Gasteiger partial charge in [-0.2, -0.15) is 0 Å². The molecule has 1 heterocycles. The standard InChI is InChI=1S/C16H24N2O3.2ClH/c19-12-9-13(20)15(14(21)10-12)16(11-3-1-2-4-11)18-7-5-17-6-8-18;;/h9-11,16-17,19-21H,1-8H2;2*1H/t16-;;/m0../s1.